The molecule has 19 heavy (non-hydrogen) atoms. The Bertz CT molecular complexity index is 547. The van der Waals surface area contributed by atoms with Crippen LogP contribution in [0.2, 0.25) is 0 Å². The van der Waals surface area contributed by atoms with E-state index in [0.717, 1.165) is 0 Å². The van der Waals surface area contributed by atoms with Crippen molar-refractivity contribution < 1.29 is 9.53 Å². The summed E-state index contributed by atoms with van der Waals surface area (Å²) >= 11 is 0. The van der Waals surface area contributed by atoms with E-state index in [9.17, 15) is 4.79 Å². The van der Waals surface area contributed by atoms with Gasteiger partial charge in [0.2, 0.25) is 0 Å². The highest BCUT2D eigenvalue weighted by Crippen LogP contribution is 2.17. The van der Waals surface area contributed by atoms with E-state index < -0.39 is 6.03 Å². The average molecular weight is 259 g/mol. The van der Waals surface area contributed by atoms with Gasteiger partial charge in [0.15, 0.2) is 5.82 Å². The van der Waals surface area contributed by atoms with Gasteiger partial charge in [-0.05, 0) is 12.1 Å². The molecule has 0 saturated heterocycles. The van der Waals surface area contributed by atoms with Crippen LogP contribution >= 0.6 is 0 Å². The van der Waals surface area contributed by atoms with Crippen LogP contribution in [0, 0.1) is 0 Å². The van der Waals surface area contributed by atoms with Crippen LogP contribution in [0.15, 0.2) is 42.9 Å². The van der Waals surface area contributed by atoms with Crippen molar-refractivity contribution in [1.29, 1.82) is 0 Å². The molecule has 2 aromatic rings. The highest BCUT2D eigenvalue weighted by atomic mass is 16.5. The molecular weight excluding hydrogens is 246 g/mol. The molecule has 2 amide bonds. The van der Waals surface area contributed by atoms with Crippen LogP contribution in [-0.4, -0.2) is 22.7 Å². The number of ether oxygens (including phenoxy) is 1. The first-order valence-corrected chi connectivity index (χ1v) is 5.55. The largest absolute Gasteiger partial charge is 0.479 e. The van der Waals surface area contributed by atoms with Crippen molar-refractivity contribution >= 4 is 17.5 Å². The summed E-state index contributed by atoms with van der Waals surface area (Å²) in [6, 6.07) is 6.50. The van der Waals surface area contributed by atoms with Gasteiger partial charge in [-0.1, -0.05) is 6.07 Å². The van der Waals surface area contributed by atoms with Gasteiger partial charge in [0.1, 0.15) is 12.5 Å². The van der Waals surface area contributed by atoms with Crippen molar-refractivity contribution in [2.24, 2.45) is 5.73 Å². The van der Waals surface area contributed by atoms with Crippen LogP contribution in [0.1, 0.15) is 0 Å². The van der Waals surface area contributed by atoms with Crippen LogP contribution in [0.5, 0.6) is 5.75 Å². The van der Waals surface area contributed by atoms with E-state index in [0.29, 0.717) is 17.3 Å². The molecule has 7 nitrogen and oxygen atoms in total. The summed E-state index contributed by atoms with van der Waals surface area (Å²) in [6.45, 7) is 0.0786. The third-order valence-electron chi connectivity index (χ3n) is 2.15. The number of benzene rings is 1. The molecule has 1 aromatic heterocycles. The summed E-state index contributed by atoms with van der Waals surface area (Å²) in [5.74, 6) is 0.953. The second-order valence-corrected chi connectivity index (χ2v) is 3.51. The fourth-order valence-electron chi connectivity index (χ4n) is 1.40. The smallest absolute Gasteiger partial charge is 0.324 e. The summed E-state index contributed by atoms with van der Waals surface area (Å²) in [5.41, 5.74) is 5.87. The predicted octanol–water partition coefficient (Wildman–Crippen LogP) is 1.42. The topological polar surface area (TPSA) is 102 Å². The molecule has 0 bridgehead atoms. The number of hydrogen-bond donors (Lipinski definition) is 3. The van der Waals surface area contributed by atoms with Crippen LogP contribution in [-0.2, 0) is 0 Å². The zero-order chi connectivity index (χ0) is 13.5. The minimum absolute atomic E-state index is 0.0786. The van der Waals surface area contributed by atoms with Crippen LogP contribution in [0.4, 0.5) is 16.3 Å². The molecule has 0 aliphatic heterocycles. The normalized spacial score (nSPS) is 9.74. The van der Waals surface area contributed by atoms with Crippen LogP contribution in [0.3, 0.4) is 0 Å². The molecule has 1 aromatic carbocycles. The molecule has 0 atom stereocenters. The van der Waals surface area contributed by atoms with E-state index >= 15 is 0 Å². The lowest BCUT2D eigenvalue weighted by Gasteiger charge is -2.08. The van der Waals surface area contributed by atoms with E-state index in [4.69, 9.17) is 10.5 Å². The van der Waals surface area contributed by atoms with Gasteiger partial charge in [-0.15, -0.1) is 0 Å². The average Bonchev–Trinajstić information content (AvgIpc) is 2.40. The fourth-order valence-corrected chi connectivity index (χ4v) is 1.40. The maximum Gasteiger partial charge on any atom is 0.324 e. The van der Waals surface area contributed by atoms with Crippen molar-refractivity contribution in [2.45, 2.75) is 0 Å². The molecule has 7 heteroatoms. The summed E-state index contributed by atoms with van der Waals surface area (Å²) < 4.78 is 5.13. The molecule has 2 rings (SSSR count). The highest BCUT2D eigenvalue weighted by Gasteiger charge is 2.04. The standard InChI is InChI=1S/C12H13N5O2/c13-8-19-10-3-1-2-9(6-10)16-12(18)17-11-7-14-4-5-15-11/h1-7H,8,13H2,(H2,15,16,17,18). The van der Waals surface area contributed by atoms with Gasteiger partial charge in [-0.2, -0.15) is 0 Å². The second-order valence-electron chi connectivity index (χ2n) is 3.51. The molecule has 1 heterocycles. The number of carbonyl (C=O) groups excluding carboxylic acids is 1. The maximum atomic E-state index is 11.7. The zero-order valence-corrected chi connectivity index (χ0v) is 10.0. The number of anilines is 2. The van der Waals surface area contributed by atoms with E-state index in [-0.39, 0.29) is 6.73 Å². The molecular formula is C12H13N5O2. The lowest BCUT2D eigenvalue weighted by molar-refractivity contribution is 0.262. The van der Waals surface area contributed by atoms with Crippen molar-refractivity contribution in [1.82, 2.24) is 9.97 Å². The lowest BCUT2D eigenvalue weighted by Crippen LogP contribution is -2.20. The molecule has 0 fully saturated rings. The Morgan fingerprint density at radius 1 is 1.32 bits per heavy atom. The number of nitrogens with one attached hydrogen (secondary N) is 2. The minimum Gasteiger partial charge on any atom is -0.479 e. The number of aromatic nitrogens is 2. The van der Waals surface area contributed by atoms with Crippen molar-refractivity contribution in [3.05, 3.63) is 42.9 Å². The number of nitrogens with two attached hydrogens (primary N) is 1. The summed E-state index contributed by atoms with van der Waals surface area (Å²) in [5, 5.41) is 5.20. The first kappa shape index (κ1) is 12.8. The number of amides is 2. The first-order valence-electron chi connectivity index (χ1n) is 5.55. The Balaban J connectivity index is 1.97. The fraction of sp³-hybridized carbons (Fsp3) is 0.0833. The predicted molar refractivity (Wildman–Crippen MR) is 70.8 cm³/mol. The first-order chi connectivity index (χ1) is 9.28. The van der Waals surface area contributed by atoms with Gasteiger partial charge in [0.05, 0.1) is 6.20 Å². The van der Waals surface area contributed by atoms with Gasteiger partial charge >= 0.3 is 6.03 Å². The molecule has 0 aliphatic rings. The molecule has 4 N–H and O–H groups in total. The molecule has 0 spiro atoms. The Morgan fingerprint density at radius 2 is 2.21 bits per heavy atom. The maximum absolute atomic E-state index is 11.7. The van der Waals surface area contributed by atoms with Crippen LogP contribution < -0.4 is 21.1 Å². The lowest BCUT2D eigenvalue weighted by atomic mass is 10.3. The zero-order valence-electron chi connectivity index (χ0n) is 10.0. The Kier molecular flexibility index (Phi) is 4.25. The third kappa shape index (κ3) is 3.93. The van der Waals surface area contributed by atoms with E-state index in [1.165, 1.54) is 18.6 Å². The van der Waals surface area contributed by atoms with Gasteiger partial charge < -0.3 is 10.1 Å². The summed E-state index contributed by atoms with van der Waals surface area (Å²) in [7, 11) is 0. The van der Waals surface area contributed by atoms with Crippen molar-refractivity contribution in [2.75, 3.05) is 17.4 Å². The number of urea groups is 1. The third-order valence-corrected chi connectivity index (χ3v) is 2.15. The van der Waals surface area contributed by atoms with E-state index in [1.807, 2.05) is 0 Å². The molecule has 0 radical (unpaired) electrons. The minimum atomic E-state index is -0.412. The quantitative estimate of drug-likeness (QED) is 0.720. The second kappa shape index (κ2) is 6.31. The van der Waals surface area contributed by atoms with Crippen LogP contribution in [0.25, 0.3) is 0 Å². The molecule has 0 saturated carbocycles. The Labute approximate surface area is 109 Å². The molecule has 0 aliphatic carbocycles. The number of nitrogens with zero attached hydrogens (tertiary/aromatic N) is 2. The number of hydrogen-bond acceptors (Lipinski definition) is 5. The van der Waals surface area contributed by atoms with E-state index in [1.54, 1.807) is 24.3 Å². The van der Waals surface area contributed by atoms with Gasteiger partial charge in [0, 0.05) is 24.1 Å². The van der Waals surface area contributed by atoms with Gasteiger partial charge in [-0.3, -0.25) is 16.0 Å². The van der Waals surface area contributed by atoms with Gasteiger partial charge in [-0.25, -0.2) is 9.78 Å². The Hall–Kier alpha value is -2.67. The van der Waals surface area contributed by atoms with E-state index in [2.05, 4.69) is 20.6 Å². The monoisotopic (exact) mass is 259 g/mol. The summed E-state index contributed by atoms with van der Waals surface area (Å²) in [6.07, 6.45) is 4.47. The number of rotatable bonds is 4. The van der Waals surface area contributed by atoms with Crippen molar-refractivity contribution in [3.8, 4) is 5.75 Å². The van der Waals surface area contributed by atoms with Crippen molar-refractivity contribution in [3.63, 3.8) is 0 Å². The SMILES string of the molecule is NCOc1cccc(NC(=O)Nc2cnccn2)c1. The molecule has 0 unspecified atom stereocenters. The van der Waals surface area contributed by atoms with Gasteiger partial charge in [0.25, 0.3) is 0 Å². The number of carbonyl (C=O) groups is 1. The summed E-state index contributed by atoms with van der Waals surface area (Å²) in [4.78, 5) is 19.5. The Morgan fingerprint density at radius 3 is 2.95 bits per heavy atom. The molecule has 98 valence electrons. The highest BCUT2D eigenvalue weighted by molar-refractivity contribution is 5.99.